The van der Waals surface area contributed by atoms with Gasteiger partial charge in [-0.3, -0.25) is 0 Å². The molecule has 0 aliphatic rings. The predicted molar refractivity (Wildman–Crippen MR) is 77.6 cm³/mol. The van der Waals surface area contributed by atoms with Gasteiger partial charge in [0.15, 0.2) is 0 Å². The summed E-state index contributed by atoms with van der Waals surface area (Å²) in [6.45, 7) is 0. The molecule has 2 aromatic heterocycles. The number of carboxylic acids is 1. The molecule has 0 amide bonds. The molecule has 2 heterocycles. The molecular formula is C14H8BrN3O3. The molecule has 0 saturated carbocycles. The predicted octanol–water partition coefficient (Wildman–Crippen LogP) is 3.26. The molecule has 0 unspecified atom stereocenters. The first-order valence-electron chi connectivity index (χ1n) is 5.93. The van der Waals surface area contributed by atoms with Crippen LogP contribution < -0.4 is 0 Å². The van der Waals surface area contributed by atoms with Crippen LogP contribution in [0, 0.1) is 0 Å². The lowest BCUT2D eigenvalue weighted by Gasteiger charge is -1.96. The normalized spacial score (nSPS) is 10.5. The van der Waals surface area contributed by atoms with Crippen LogP contribution in [0.3, 0.4) is 0 Å². The van der Waals surface area contributed by atoms with E-state index in [1.807, 2.05) is 6.07 Å². The molecular weight excluding hydrogens is 338 g/mol. The van der Waals surface area contributed by atoms with Crippen molar-refractivity contribution >= 4 is 21.9 Å². The van der Waals surface area contributed by atoms with Crippen molar-refractivity contribution in [3.05, 3.63) is 52.6 Å². The molecule has 0 spiro atoms. The number of aromatic carboxylic acids is 1. The number of benzene rings is 1. The zero-order valence-corrected chi connectivity index (χ0v) is 12.1. The number of hydrogen-bond donors (Lipinski definition) is 1. The van der Waals surface area contributed by atoms with E-state index >= 15 is 0 Å². The third kappa shape index (κ3) is 2.68. The monoisotopic (exact) mass is 345 g/mol. The summed E-state index contributed by atoms with van der Waals surface area (Å²) in [4.78, 5) is 19.3. The van der Waals surface area contributed by atoms with Crippen LogP contribution in [0.5, 0.6) is 0 Å². The zero-order chi connectivity index (χ0) is 14.8. The zero-order valence-electron chi connectivity index (χ0n) is 10.5. The standard InChI is InChI=1S/C14H8BrN3O3/c15-10-2-1-7-16-11(10)13-17-12(18-21-13)8-3-5-9(6-4-8)14(19)20/h1-7H,(H,19,20). The minimum atomic E-state index is -0.979. The average Bonchev–Trinajstić information content (AvgIpc) is 2.97. The minimum absolute atomic E-state index is 0.204. The maximum atomic E-state index is 10.8. The van der Waals surface area contributed by atoms with Crippen molar-refractivity contribution in [1.29, 1.82) is 0 Å². The maximum Gasteiger partial charge on any atom is 0.335 e. The van der Waals surface area contributed by atoms with Gasteiger partial charge in [-0.2, -0.15) is 4.98 Å². The molecule has 0 atom stereocenters. The highest BCUT2D eigenvalue weighted by Gasteiger charge is 2.14. The Kier molecular flexibility index (Phi) is 3.49. The van der Waals surface area contributed by atoms with Crippen molar-refractivity contribution in [2.24, 2.45) is 0 Å². The van der Waals surface area contributed by atoms with Crippen molar-refractivity contribution in [2.45, 2.75) is 0 Å². The van der Waals surface area contributed by atoms with Crippen LogP contribution in [0.1, 0.15) is 10.4 Å². The first kappa shape index (κ1) is 13.4. The lowest BCUT2D eigenvalue weighted by molar-refractivity contribution is 0.0697. The summed E-state index contributed by atoms with van der Waals surface area (Å²) in [5.41, 5.74) is 1.43. The molecule has 0 bridgehead atoms. The number of carboxylic acid groups (broad SMARTS) is 1. The van der Waals surface area contributed by atoms with E-state index in [4.69, 9.17) is 9.63 Å². The average molecular weight is 346 g/mol. The molecule has 0 aliphatic carbocycles. The van der Waals surface area contributed by atoms with Crippen molar-refractivity contribution in [2.75, 3.05) is 0 Å². The van der Waals surface area contributed by atoms with E-state index in [0.717, 1.165) is 4.47 Å². The van der Waals surface area contributed by atoms with E-state index in [1.54, 1.807) is 24.4 Å². The second-order valence-electron chi connectivity index (χ2n) is 4.14. The molecule has 1 aromatic carbocycles. The first-order chi connectivity index (χ1) is 10.1. The van der Waals surface area contributed by atoms with Crippen LogP contribution in [0.2, 0.25) is 0 Å². The molecule has 0 fully saturated rings. The summed E-state index contributed by atoms with van der Waals surface area (Å²) in [5, 5.41) is 12.8. The third-order valence-corrected chi connectivity index (χ3v) is 3.42. The molecule has 3 aromatic rings. The van der Waals surface area contributed by atoms with Crippen LogP contribution >= 0.6 is 15.9 Å². The van der Waals surface area contributed by atoms with E-state index in [1.165, 1.54) is 12.1 Å². The first-order valence-corrected chi connectivity index (χ1v) is 6.73. The Labute approximate surface area is 127 Å². The van der Waals surface area contributed by atoms with E-state index in [-0.39, 0.29) is 5.56 Å². The van der Waals surface area contributed by atoms with Gasteiger partial charge in [0.05, 0.1) is 5.56 Å². The number of carbonyl (C=O) groups is 1. The van der Waals surface area contributed by atoms with Crippen LogP contribution in [0.15, 0.2) is 51.6 Å². The van der Waals surface area contributed by atoms with Crippen molar-refractivity contribution in [1.82, 2.24) is 15.1 Å². The highest BCUT2D eigenvalue weighted by atomic mass is 79.9. The van der Waals surface area contributed by atoms with Crippen LogP contribution in [-0.4, -0.2) is 26.2 Å². The van der Waals surface area contributed by atoms with E-state index in [2.05, 4.69) is 31.1 Å². The third-order valence-electron chi connectivity index (χ3n) is 2.78. The van der Waals surface area contributed by atoms with Gasteiger partial charge in [-0.15, -0.1) is 0 Å². The lowest BCUT2D eigenvalue weighted by Crippen LogP contribution is -1.95. The molecule has 6 nitrogen and oxygen atoms in total. The summed E-state index contributed by atoms with van der Waals surface area (Å²) < 4.78 is 5.95. The van der Waals surface area contributed by atoms with E-state index in [0.29, 0.717) is 23.0 Å². The summed E-state index contributed by atoms with van der Waals surface area (Å²) in [6, 6.07) is 9.86. The molecule has 0 radical (unpaired) electrons. The molecule has 0 saturated heterocycles. The Morgan fingerprint density at radius 2 is 1.95 bits per heavy atom. The van der Waals surface area contributed by atoms with Gasteiger partial charge < -0.3 is 9.63 Å². The smallest absolute Gasteiger partial charge is 0.335 e. The molecule has 21 heavy (non-hydrogen) atoms. The number of rotatable bonds is 3. The maximum absolute atomic E-state index is 10.8. The summed E-state index contributed by atoms with van der Waals surface area (Å²) in [6.07, 6.45) is 1.63. The second kappa shape index (κ2) is 5.45. The Hall–Kier alpha value is -2.54. The number of nitrogens with zero attached hydrogens (tertiary/aromatic N) is 3. The van der Waals surface area contributed by atoms with Gasteiger partial charge in [0.25, 0.3) is 5.89 Å². The Morgan fingerprint density at radius 3 is 2.62 bits per heavy atom. The Bertz CT molecular complexity index is 799. The highest BCUT2D eigenvalue weighted by Crippen LogP contribution is 2.26. The fourth-order valence-corrected chi connectivity index (χ4v) is 2.17. The highest BCUT2D eigenvalue weighted by molar-refractivity contribution is 9.10. The fourth-order valence-electron chi connectivity index (χ4n) is 1.74. The van der Waals surface area contributed by atoms with Gasteiger partial charge in [0.2, 0.25) is 5.82 Å². The van der Waals surface area contributed by atoms with Crippen LogP contribution in [-0.2, 0) is 0 Å². The largest absolute Gasteiger partial charge is 0.478 e. The molecule has 7 heteroatoms. The Morgan fingerprint density at radius 1 is 1.19 bits per heavy atom. The van der Waals surface area contributed by atoms with Gasteiger partial charge in [0, 0.05) is 16.2 Å². The van der Waals surface area contributed by atoms with Gasteiger partial charge in [-0.1, -0.05) is 17.3 Å². The summed E-state index contributed by atoms with van der Waals surface area (Å²) >= 11 is 3.37. The van der Waals surface area contributed by atoms with Crippen molar-refractivity contribution < 1.29 is 14.4 Å². The topological polar surface area (TPSA) is 89.1 Å². The SMILES string of the molecule is O=C(O)c1ccc(-c2noc(-c3ncccc3Br)n2)cc1. The van der Waals surface area contributed by atoms with Gasteiger partial charge >= 0.3 is 5.97 Å². The van der Waals surface area contributed by atoms with Crippen molar-refractivity contribution in [3.8, 4) is 23.0 Å². The quantitative estimate of drug-likeness (QED) is 0.783. The number of halogens is 1. The number of pyridine rings is 1. The van der Waals surface area contributed by atoms with Gasteiger partial charge in [-0.05, 0) is 40.2 Å². The summed E-state index contributed by atoms with van der Waals surface area (Å²) in [7, 11) is 0. The van der Waals surface area contributed by atoms with Gasteiger partial charge in [0.1, 0.15) is 5.69 Å². The summed E-state index contributed by atoms with van der Waals surface area (Å²) in [5.74, 6) is -0.313. The minimum Gasteiger partial charge on any atom is -0.478 e. The van der Waals surface area contributed by atoms with E-state index in [9.17, 15) is 4.79 Å². The van der Waals surface area contributed by atoms with Crippen LogP contribution in [0.4, 0.5) is 0 Å². The van der Waals surface area contributed by atoms with E-state index < -0.39 is 5.97 Å². The van der Waals surface area contributed by atoms with Crippen LogP contribution in [0.25, 0.3) is 23.0 Å². The lowest BCUT2D eigenvalue weighted by atomic mass is 10.1. The molecule has 104 valence electrons. The number of hydrogen-bond acceptors (Lipinski definition) is 5. The second-order valence-corrected chi connectivity index (χ2v) is 4.99. The van der Waals surface area contributed by atoms with Crippen molar-refractivity contribution in [3.63, 3.8) is 0 Å². The molecule has 3 rings (SSSR count). The number of aromatic nitrogens is 3. The fraction of sp³-hybridized carbons (Fsp3) is 0. The Balaban J connectivity index is 1.95. The van der Waals surface area contributed by atoms with Gasteiger partial charge in [-0.25, -0.2) is 9.78 Å². The molecule has 1 N–H and O–H groups in total. The molecule has 0 aliphatic heterocycles.